The van der Waals surface area contributed by atoms with Gasteiger partial charge in [0, 0.05) is 51.1 Å². The molecule has 0 saturated carbocycles. The van der Waals surface area contributed by atoms with E-state index in [9.17, 15) is 8.42 Å². The number of ether oxygens (including phenoxy) is 1. The molecule has 0 atom stereocenters. The molecule has 2 aromatic heterocycles. The second-order valence-corrected chi connectivity index (χ2v) is 12.0. The number of sulfonamides is 1. The maximum Gasteiger partial charge on any atom is 0.232 e. The second-order valence-electron chi connectivity index (χ2n) is 10.1. The first kappa shape index (κ1) is 26.1. The Bertz CT molecular complexity index is 1680. The van der Waals surface area contributed by atoms with Crippen LogP contribution in [-0.2, 0) is 16.4 Å². The number of methoxy groups -OCH3 is 1. The zero-order valence-electron chi connectivity index (χ0n) is 22.5. The predicted molar refractivity (Wildman–Crippen MR) is 155 cm³/mol. The standard InChI is InChI=1S/C27H31FN8O3S/c1-34-11-13-35(14-12-34)22-16-23(39-2)21(15-19(22)28)31-27-32-25-18(7-9-29-25)26(33-27)30-20-6-4-5-17-8-10-36(24(17)20)40(3,37)38/h4-7,9,15-16H,8,10-14H2,1-3H3,(H3,29,30,31,32,33). The minimum absolute atomic E-state index is 0.218. The lowest BCUT2D eigenvalue weighted by atomic mass is 10.1. The molecule has 6 rings (SSSR count). The summed E-state index contributed by atoms with van der Waals surface area (Å²) in [5.41, 5.74) is 3.61. The van der Waals surface area contributed by atoms with Gasteiger partial charge in [0.15, 0.2) is 0 Å². The van der Waals surface area contributed by atoms with Crippen LogP contribution in [0.1, 0.15) is 5.56 Å². The summed E-state index contributed by atoms with van der Waals surface area (Å²) in [5.74, 6) is 0.781. The molecule has 13 heteroatoms. The molecule has 2 aliphatic heterocycles. The first-order chi connectivity index (χ1) is 19.2. The number of H-pyrrole nitrogens is 1. The Hall–Kier alpha value is -4.10. The van der Waals surface area contributed by atoms with Gasteiger partial charge in [-0.1, -0.05) is 12.1 Å². The lowest BCUT2D eigenvalue weighted by Gasteiger charge is -2.34. The molecule has 0 spiro atoms. The van der Waals surface area contributed by atoms with Crippen molar-refractivity contribution in [3.63, 3.8) is 0 Å². The van der Waals surface area contributed by atoms with E-state index in [-0.39, 0.29) is 11.8 Å². The SMILES string of the molecule is COc1cc(N2CCN(C)CC2)c(F)cc1Nc1nc(Nc2cccc3c2N(S(C)(=O)=O)CC3)c2cc[nH]c2n1. The second kappa shape index (κ2) is 10.1. The highest BCUT2D eigenvalue weighted by Crippen LogP contribution is 2.40. The number of nitrogens with zero attached hydrogens (tertiary/aromatic N) is 5. The van der Waals surface area contributed by atoms with Crippen LogP contribution in [-0.4, -0.2) is 81.4 Å². The van der Waals surface area contributed by atoms with Crippen molar-refractivity contribution < 1.29 is 17.5 Å². The van der Waals surface area contributed by atoms with E-state index in [0.717, 1.165) is 37.1 Å². The summed E-state index contributed by atoms with van der Waals surface area (Å²) in [6, 6.07) is 10.6. The van der Waals surface area contributed by atoms with E-state index in [1.54, 1.807) is 12.3 Å². The largest absolute Gasteiger partial charge is 0.494 e. The lowest BCUT2D eigenvalue weighted by Crippen LogP contribution is -2.44. The summed E-state index contributed by atoms with van der Waals surface area (Å²) >= 11 is 0. The molecule has 3 N–H and O–H groups in total. The molecule has 2 aromatic carbocycles. The number of hydrogen-bond donors (Lipinski definition) is 3. The Morgan fingerprint density at radius 1 is 1.02 bits per heavy atom. The average Bonchev–Trinajstić information content (AvgIpc) is 3.58. The molecule has 11 nitrogen and oxygen atoms in total. The monoisotopic (exact) mass is 566 g/mol. The minimum atomic E-state index is -3.45. The first-order valence-corrected chi connectivity index (χ1v) is 14.9. The summed E-state index contributed by atoms with van der Waals surface area (Å²) in [6.45, 7) is 3.55. The lowest BCUT2D eigenvalue weighted by molar-refractivity contribution is 0.311. The number of halogens is 1. The zero-order valence-corrected chi connectivity index (χ0v) is 23.3. The number of nitrogens with one attached hydrogen (secondary N) is 3. The predicted octanol–water partition coefficient (Wildman–Crippen LogP) is 3.67. The van der Waals surface area contributed by atoms with Crippen LogP contribution < -0.4 is 24.6 Å². The minimum Gasteiger partial charge on any atom is -0.494 e. The van der Waals surface area contributed by atoms with Crippen molar-refractivity contribution in [3.05, 3.63) is 54.0 Å². The number of hydrogen-bond acceptors (Lipinski definition) is 9. The number of fused-ring (bicyclic) bond motifs is 2. The molecule has 40 heavy (non-hydrogen) atoms. The Labute approximate surface area is 232 Å². The number of aromatic amines is 1. The number of benzene rings is 2. The van der Waals surface area contributed by atoms with E-state index in [0.29, 0.717) is 52.9 Å². The number of para-hydroxylation sites is 1. The van der Waals surface area contributed by atoms with Gasteiger partial charge >= 0.3 is 0 Å². The van der Waals surface area contributed by atoms with Gasteiger partial charge in [-0.2, -0.15) is 9.97 Å². The first-order valence-electron chi connectivity index (χ1n) is 13.0. The summed E-state index contributed by atoms with van der Waals surface area (Å²) in [5, 5.41) is 7.16. The van der Waals surface area contributed by atoms with Gasteiger partial charge in [-0.05, 0) is 31.2 Å². The van der Waals surface area contributed by atoms with E-state index >= 15 is 4.39 Å². The highest BCUT2D eigenvalue weighted by Gasteiger charge is 2.29. The van der Waals surface area contributed by atoms with Crippen molar-refractivity contribution in [3.8, 4) is 5.75 Å². The molecular formula is C27H31FN8O3S. The van der Waals surface area contributed by atoms with Crippen LogP contribution >= 0.6 is 0 Å². The topological polar surface area (TPSA) is 119 Å². The van der Waals surface area contributed by atoms with Crippen LogP contribution in [0.3, 0.4) is 0 Å². The molecule has 210 valence electrons. The average molecular weight is 567 g/mol. The summed E-state index contributed by atoms with van der Waals surface area (Å²) < 4.78 is 47.3. The molecule has 1 saturated heterocycles. The Balaban J connectivity index is 1.34. The van der Waals surface area contributed by atoms with Gasteiger partial charge < -0.3 is 30.2 Å². The highest BCUT2D eigenvalue weighted by molar-refractivity contribution is 7.92. The number of piperazine rings is 1. The molecule has 0 aliphatic carbocycles. The van der Waals surface area contributed by atoms with Gasteiger partial charge in [0.1, 0.15) is 23.0 Å². The Morgan fingerprint density at radius 3 is 2.58 bits per heavy atom. The number of rotatable bonds is 7. The van der Waals surface area contributed by atoms with Crippen molar-refractivity contribution in [2.45, 2.75) is 6.42 Å². The van der Waals surface area contributed by atoms with Crippen molar-refractivity contribution >= 4 is 55.6 Å². The van der Waals surface area contributed by atoms with Crippen molar-refractivity contribution in [1.82, 2.24) is 19.9 Å². The summed E-state index contributed by atoms with van der Waals surface area (Å²) in [7, 11) is 0.142. The third kappa shape index (κ3) is 4.86. The van der Waals surface area contributed by atoms with E-state index in [1.165, 1.54) is 23.7 Å². The van der Waals surface area contributed by atoms with Crippen LogP contribution in [0.15, 0.2) is 42.6 Å². The molecule has 0 amide bonds. The molecule has 4 aromatic rings. The van der Waals surface area contributed by atoms with Crippen LogP contribution in [0.2, 0.25) is 0 Å². The fourth-order valence-electron chi connectivity index (χ4n) is 5.29. The number of likely N-dealkylation sites (N-methyl/N-ethyl adjacent to an activating group) is 1. The van der Waals surface area contributed by atoms with Crippen molar-refractivity contribution in [1.29, 1.82) is 0 Å². The number of anilines is 6. The molecular weight excluding hydrogens is 535 g/mol. The highest BCUT2D eigenvalue weighted by atomic mass is 32.2. The van der Waals surface area contributed by atoms with Gasteiger partial charge in [0.2, 0.25) is 16.0 Å². The van der Waals surface area contributed by atoms with E-state index in [2.05, 4.69) is 37.5 Å². The van der Waals surface area contributed by atoms with Gasteiger partial charge in [0.25, 0.3) is 0 Å². The quantitative estimate of drug-likeness (QED) is 0.308. The molecule has 2 aliphatic rings. The maximum absolute atomic E-state index is 15.3. The third-order valence-corrected chi connectivity index (χ3v) is 8.55. The number of aromatic nitrogens is 3. The van der Waals surface area contributed by atoms with Crippen LogP contribution in [0.4, 0.5) is 38.9 Å². The van der Waals surface area contributed by atoms with E-state index in [1.807, 2.05) is 29.2 Å². The molecule has 0 unspecified atom stereocenters. The molecule has 0 bridgehead atoms. The Morgan fingerprint density at radius 2 is 1.82 bits per heavy atom. The van der Waals surface area contributed by atoms with Crippen LogP contribution in [0, 0.1) is 5.82 Å². The molecule has 0 radical (unpaired) electrons. The van der Waals surface area contributed by atoms with Crippen molar-refractivity contribution in [2.75, 3.05) is 73.0 Å². The summed E-state index contributed by atoms with van der Waals surface area (Å²) in [6.07, 6.45) is 3.58. The van der Waals surface area contributed by atoms with Gasteiger partial charge in [-0.25, -0.2) is 12.8 Å². The van der Waals surface area contributed by atoms with Gasteiger partial charge in [0.05, 0.1) is 41.5 Å². The van der Waals surface area contributed by atoms with E-state index < -0.39 is 10.0 Å². The zero-order chi connectivity index (χ0) is 28.0. The van der Waals surface area contributed by atoms with Crippen LogP contribution in [0.5, 0.6) is 5.75 Å². The molecule has 1 fully saturated rings. The molecule has 4 heterocycles. The fraction of sp³-hybridized carbons (Fsp3) is 0.333. The third-order valence-electron chi connectivity index (χ3n) is 7.38. The van der Waals surface area contributed by atoms with Crippen molar-refractivity contribution in [2.24, 2.45) is 0 Å². The van der Waals surface area contributed by atoms with Gasteiger partial charge in [-0.15, -0.1) is 0 Å². The smallest absolute Gasteiger partial charge is 0.232 e. The Kier molecular flexibility index (Phi) is 6.62. The van der Waals surface area contributed by atoms with E-state index in [4.69, 9.17) is 4.74 Å². The summed E-state index contributed by atoms with van der Waals surface area (Å²) in [4.78, 5) is 16.6. The van der Waals surface area contributed by atoms with Gasteiger partial charge in [-0.3, -0.25) is 4.31 Å². The van der Waals surface area contributed by atoms with Crippen LogP contribution in [0.25, 0.3) is 11.0 Å². The fourth-order valence-corrected chi connectivity index (χ4v) is 6.26. The normalized spacial score (nSPS) is 15.9. The maximum atomic E-state index is 15.3.